The first-order valence-corrected chi connectivity index (χ1v) is 10.5. The van der Waals surface area contributed by atoms with Crippen LogP contribution in [-0.2, 0) is 0 Å². The molecule has 6 nitrogen and oxygen atoms in total. The van der Waals surface area contributed by atoms with Gasteiger partial charge >= 0.3 is 0 Å². The van der Waals surface area contributed by atoms with Gasteiger partial charge in [0.05, 0.1) is 7.11 Å². The van der Waals surface area contributed by atoms with Crippen molar-refractivity contribution >= 4 is 22.7 Å². The van der Waals surface area contributed by atoms with Gasteiger partial charge in [0.2, 0.25) is 0 Å². The number of nitrogen functional groups attached to an aromatic ring is 2. The van der Waals surface area contributed by atoms with Crippen molar-refractivity contribution in [2.75, 3.05) is 43.3 Å². The SMILES string of the molecule is CNc1ccc(N)c(-c2ccccc2O)c1.CNc1ccc(N)c(-c2ccccc2OC)c1. The number of methoxy groups -OCH3 is 1. The number of hydrogen-bond acceptors (Lipinski definition) is 6. The summed E-state index contributed by atoms with van der Waals surface area (Å²) in [5.74, 6) is 1.06. The van der Waals surface area contributed by atoms with Crippen LogP contribution in [0.1, 0.15) is 0 Å². The molecule has 0 saturated carbocycles. The van der Waals surface area contributed by atoms with Gasteiger partial charge in [-0.1, -0.05) is 36.4 Å². The fraction of sp³-hybridized carbons (Fsp3) is 0.111. The van der Waals surface area contributed by atoms with Gasteiger partial charge < -0.3 is 31.9 Å². The zero-order valence-corrected chi connectivity index (χ0v) is 19.1. The second kappa shape index (κ2) is 10.8. The van der Waals surface area contributed by atoms with Crippen molar-refractivity contribution < 1.29 is 9.84 Å². The molecule has 0 spiro atoms. The van der Waals surface area contributed by atoms with Crippen LogP contribution in [0.3, 0.4) is 0 Å². The average Bonchev–Trinajstić information content (AvgIpc) is 2.85. The number of benzene rings is 4. The second-order valence-electron chi connectivity index (χ2n) is 7.32. The lowest BCUT2D eigenvalue weighted by atomic mass is 10.0. The van der Waals surface area contributed by atoms with Gasteiger partial charge in [0, 0.05) is 59.1 Å². The lowest BCUT2D eigenvalue weighted by Crippen LogP contribution is -1.95. The number of anilines is 4. The summed E-state index contributed by atoms with van der Waals surface area (Å²) >= 11 is 0. The molecular weight excluding hydrogens is 412 g/mol. The van der Waals surface area contributed by atoms with Gasteiger partial charge in [-0.25, -0.2) is 0 Å². The smallest absolute Gasteiger partial charge is 0.126 e. The molecule has 0 bridgehead atoms. The van der Waals surface area contributed by atoms with Crippen LogP contribution in [0.2, 0.25) is 0 Å². The maximum Gasteiger partial charge on any atom is 0.126 e. The molecule has 0 aromatic heterocycles. The summed E-state index contributed by atoms with van der Waals surface area (Å²) in [6.07, 6.45) is 0. The highest BCUT2D eigenvalue weighted by Crippen LogP contribution is 2.35. The number of para-hydroxylation sites is 2. The zero-order valence-electron chi connectivity index (χ0n) is 19.1. The molecule has 0 atom stereocenters. The van der Waals surface area contributed by atoms with E-state index in [2.05, 4.69) is 10.6 Å². The normalized spacial score (nSPS) is 10.0. The summed E-state index contributed by atoms with van der Waals surface area (Å²) in [6.45, 7) is 0. The molecule has 0 aliphatic carbocycles. The number of phenols is 1. The maximum atomic E-state index is 9.78. The monoisotopic (exact) mass is 442 g/mol. The topological polar surface area (TPSA) is 106 Å². The number of rotatable bonds is 5. The fourth-order valence-corrected chi connectivity index (χ4v) is 3.46. The summed E-state index contributed by atoms with van der Waals surface area (Å²) in [5.41, 5.74) is 18.9. The minimum atomic E-state index is 0.238. The van der Waals surface area contributed by atoms with Crippen molar-refractivity contribution in [1.82, 2.24) is 0 Å². The van der Waals surface area contributed by atoms with Crippen LogP contribution in [0.5, 0.6) is 11.5 Å². The average molecular weight is 443 g/mol. The molecule has 0 radical (unpaired) electrons. The fourth-order valence-electron chi connectivity index (χ4n) is 3.46. The number of phenolic OH excluding ortho intramolecular Hbond substituents is 1. The predicted octanol–water partition coefficient (Wildman–Crippen LogP) is 5.67. The van der Waals surface area contributed by atoms with Crippen molar-refractivity contribution in [3.63, 3.8) is 0 Å². The lowest BCUT2D eigenvalue weighted by molar-refractivity contribution is 0.416. The molecule has 0 aliphatic heterocycles. The van der Waals surface area contributed by atoms with Gasteiger partial charge in [0.25, 0.3) is 0 Å². The highest BCUT2D eigenvalue weighted by Gasteiger charge is 2.09. The summed E-state index contributed by atoms with van der Waals surface area (Å²) < 4.78 is 5.35. The Morgan fingerprint density at radius 1 is 0.636 bits per heavy atom. The highest BCUT2D eigenvalue weighted by atomic mass is 16.5. The third-order valence-electron chi connectivity index (χ3n) is 5.28. The minimum Gasteiger partial charge on any atom is -0.507 e. The third kappa shape index (κ3) is 5.49. The van der Waals surface area contributed by atoms with Crippen molar-refractivity contribution in [2.45, 2.75) is 0 Å². The van der Waals surface area contributed by atoms with Crippen LogP contribution in [0.25, 0.3) is 22.3 Å². The summed E-state index contributed by atoms with van der Waals surface area (Å²) in [7, 11) is 5.40. The Bertz CT molecular complexity index is 1220. The molecule has 0 aliphatic rings. The van der Waals surface area contributed by atoms with E-state index in [0.717, 1.165) is 45.1 Å². The standard InChI is InChI=1S/C14H16N2O.C13H14N2O/c1-16-10-7-8-13(15)12(9-10)11-5-3-4-6-14(11)17-2;1-15-9-6-7-12(14)11(8-9)10-4-2-3-5-13(10)16/h3-9,16H,15H2,1-2H3;2-8,15-16H,14H2,1H3. The van der Waals surface area contributed by atoms with Gasteiger partial charge in [-0.3, -0.25) is 0 Å². The molecule has 33 heavy (non-hydrogen) atoms. The molecule has 0 fully saturated rings. The molecule has 4 aromatic carbocycles. The number of aromatic hydroxyl groups is 1. The summed E-state index contributed by atoms with van der Waals surface area (Å²) in [4.78, 5) is 0. The van der Waals surface area contributed by atoms with E-state index in [9.17, 15) is 5.11 Å². The maximum absolute atomic E-state index is 9.78. The highest BCUT2D eigenvalue weighted by molar-refractivity contribution is 5.84. The molecule has 7 N–H and O–H groups in total. The Hall–Kier alpha value is -4.32. The molecule has 0 heterocycles. The largest absolute Gasteiger partial charge is 0.507 e. The molecule has 4 aromatic rings. The van der Waals surface area contributed by atoms with Crippen LogP contribution >= 0.6 is 0 Å². The van der Waals surface area contributed by atoms with Gasteiger partial charge in [-0.2, -0.15) is 0 Å². The zero-order chi connectivity index (χ0) is 23.8. The van der Waals surface area contributed by atoms with E-state index in [0.29, 0.717) is 5.69 Å². The Morgan fingerprint density at radius 3 is 1.64 bits per heavy atom. The van der Waals surface area contributed by atoms with E-state index in [-0.39, 0.29) is 5.75 Å². The first kappa shape index (κ1) is 23.3. The van der Waals surface area contributed by atoms with Gasteiger partial charge in [0.1, 0.15) is 11.5 Å². The lowest BCUT2D eigenvalue weighted by Gasteiger charge is -2.12. The number of nitrogens with one attached hydrogen (secondary N) is 2. The van der Waals surface area contributed by atoms with E-state index in [1.807, 2.05) is 86.9 Å². The van der Waals surface area contributed by atoms with Gasteiger partial charge in [0.15, 0.2) is 0 Å². The quantitative estimate of drug-likeness (QED) is 0.255. The number of nitrogens with two attached hydrogens (primary N) is 2. The van der Waals surface area contributed by atoms with Crippen LogP contribution in [0.4, 0.5) is 22.7 Å². The Morgan fingerprint density at radius 2 is 1.12 bits per heavy atom. The van der Waals surface area contributed by atoms with Crippen LogP contribution in [0.15, 0.2) is 84.9 Å². The molecule has 170 valence electrons. The molecule has 0 saturated heterocycles. The van der Waals surface area contributed by atoms with E-state index < -0.39 is 0 Å². The molecule has 0 amide bonds. The van der Waals surface area contributed by atoms with Crippen LogP contribution in [-0.4, -0.2) is 26.3 Å². The molecular formula is C27H30N4O2. The first-order chi connectivity index (χ1) is 16.0. The summed E-state index contributed by atoms with van der Waals surface area (Å²) in [6, 6.07) is 26.5. The van der Waals surface area contributed by atoms with Crippen molar-refractivity contribution in [1.29, 1.82) is 0 Å². The van der Waals surface area contributed by atoms with E-state index in [1.165, 1.54) is 0 Å². The van der Waals surface area contributed by atoms with Gasteiger partial charge in [-0.15, -0.1) is 0 Å². The van der Waals surface area contributed by atoms with Crippen molar-refractivity contribution in [2.24, 2.45) is 0 Å². The number of hydrogen-bond donors (Lipinski definition) is 5. The first-order valence-electron chi connectivity index (χ1n) is 10.5. The van der Waals surface area contributed by atoms with Crippen molar-refractivity contribution in [3.8, 4) is 33.8 Å². The predicted molar refractivity (Wildman–Crippen MR) is 140 cm³/mol. The molecule has 4 rings (SSSR count). The van der Waals surface area contributed by atoms with Crippen LogP contribution in [0, 0.1) is 0 Å². The second-order valence-corrected chi connectivity index (χ2v) is 7.32. The molecule has 6 heteroatoms. The summed E-state index contributed by atoms with van der Waals surface area (Å²) in [5, 5.41) is 15.9. The van der Waals surface area contributed by atoms with E-state index >= 15 is 0 Å². The Kier molecular flexibility index (Phi) is 7.65. The van der Waals surface area contributed by atoms with Crippen LogP contribution < -0.4 is 26.8 Å². The molecule has 0 unspecified atom stereocenters. The van der Waals surface area contributed by atoms with Gasteiger partial charge in [-0.05, 0) is 48.5 Å². The minimum absolute atomic E-state index is 0.238. The van der Waals surface area contributed by atoms with E-state index in [4.69, 9.17) is 16.2 Å². The third-order valence-corrected chi connectivity index (χ3v) is 5.28. The Balaban J connectivity index is 0.000000186. The Labute approximate surface area is 194 Å². The number of ether oxygens (including phenoxy) is 1. The van der Waals surface area contributed by atoms with Crippen molar-refractivity contribution in [3.05, 3.63) is 84.9 Å². The van der Waals surface area contributed by atoms with E-state index in [1.54, 1.807) is 19.2 Å².